The van der Waals surface area contributed by atoms with Gasteiger partial charge >= 0.3 is 5.69 Å². The maximum atomic E-state index is 13.1. The molecule has 1 atom stereocenters. The fraction of sp³-hybridized carbons (Fsp3) is 0.440. The number of methoxy groups -OCH3 is 1. The molecule has 1 aliphatic heterocycles. The van der Waals surface area contributed by atoms with Crippen LogP contribution in [0.3, 0.4) is 0 Å². The summed E-state index contributed by atoms with van der Waals surface area (Å²) in [7, 11) is 3.43. The minimum absolute atomic E-state index is 0.306. The van der Waals surface area contributed by atoms with Crippen LogP contribution in [0.15, 0.2) is 46.5 Å². The smallest absolute Gasteiger partial charge is 0.332 e. The van der Waals surface area contributed by atoms with E-state index in [1.807, 2.05) is 49.2 Å². The second kappa shape index (κ2) is 9.60. The molecule has 8 nitrogen and oxygen atoms in total. The number of anilines is 2. The topological polar surface area (TPSA) is 77.7 Å². The first-order valence-corrected chi connectivity index (χ1v) is 11.3. The Labute approximate surface area is 194 Å². The van der Waals surface area contributed by atoms with E-state index in [2.05, 4.69) is 25.7 Å². The highest BCUT2D eigenvalue weighted by Gasteiger charge is 2.41. The van der Waals surface area contributed by atoms with Crippen LogP contribution in [0.1, 0.15) is 33.3 Å². The molecular weight excluding hydrogens is 420 g/mol. The molecule has 0 amide bonds. The van der Waals surface area contributed by atoms with E-state index < -0.39 is 5.66 Å². The molecule has 1 N–H and O–H groups in total. The lowest BCUT2D eigenvalue weighted by Gasteiger charge is -2.31. The third-order valence-corrected chi connectivity index (χ3v) is 5.85. The first-order valence-electron chi connectivity index (χ1n) is 11.3. The number of hydrogen-bond acceptors (Lipinski definition) is 6. The predicted molar refractivity (Wildman–Crippen MR) is 134 cm³/mol. The van der Waals surface area contributed by atoms with E-state index in [1.54, 1.807) is 24.7 Å². The molecule has 33 heavy (non-hydrogen) atoms. The van der Waals surface area contributed by atoms with E-state index in [-0.39, 0.29) is 11.2 Å². The summed E-state index contributed by atoms with van der Waals surface area (Å²) < 4.78 is 14.2. The molecule has 1 unspecified atom stereocenters. The largest absolute Gasteiger partial charge is 0.493 e. The lowest BCUT2D eigenvalue weighted by Crippen LogP contribution is -2.46. The predicted octanol–water partition coefficient (Wildman–Crippen LogP) is 3.55. The number of fused-ring (bicyclic) bond motifs is 1. The number of hydrogen-bond donors (Lipinski definition) is 1. The molecule has 8 heteroatoms. The monoisotopic (exact) mass is 454 g/mol. The highest BCUT2D eigenvalue weighted by atomic mass is 16.5. The molecule has 0 bridgehead atoms. The summed E-state index contributed by atoms with van der Waals surface area (Å²) in [6.07, 6.45) is 5.57. The van der Waals surface area contributed by atoms with Crippen molar-refractivity contribution in [3.63, 3.8) is 0 Å². The highest BCUT2D eigenvalue weighted by molar-refractivity contribution is 5.77. The van der Waals surface area contributed by atoms with E-state index in [0.29, 0.717) is 48.6 Å². The SMILES string of the molecule is C=CC1(/C=C/c2ccc(OCC(C)C)c(OC)c2)Nc2c(c(=O)n(CC)c(=O)n2CC)N1C. The summed E-state index contributed by atoms with van der Waals surface area (Å²) in [5, 5.41) is 3.36. The van der Waals surface area contributed by atoms with Crippen LogP contribution in [0.2, 0.25) is 0 Å². The maximum absolute atomic E-state index is 13.1. The van der Waals surface area contributed by atoms with Crippen LogP contribution in [0, 0.1) is 5.92 Å². The molecule has 1 aromatic heterocycles. The summed E-state index contributed by atoms with van der Waals surface area (Å²) in [6, 6.07) is 5.73. The molecule has 0 fully saturated rings. The second-order valence-electron chi connectivity index (χ2n) is 8.44. The molecule has 2 aromatic rings. The van der Waals surface area contributed by atoms with Crippen molar-refractivity contribution < 1.29 is 9.47 Å². The average molecular weight is 455 g/mol. The fourth-order valence-corrected chi connectivity index (χ4v) is 3.94. The molecule has 0 radical (unpaired) electrons. The van der Waals surface area contributed by atoms with Gasteiger partial charge < -0.3 is 19.7 Å². The Bertz CT molecular complexity index is 1180. The van der Waals surface area contributed by atoms with Gasteiger partial charge in [-0.2, -0.15) is 0 Å². The Morgan fingerprint density at radius 1 is 1.15 bits per heavy atom. The number of ether oxygens (including phenoxy) is 2. The van der Waals surface area contributed by atoms with Gasteiger partial charge in [0.15, 0.2) is 17.2 Å². The minimum atomic E-state index is -0.877. The van der Waals surface area contributed by atoms with Crippen molar-refractivity contribution in [1.29, 1.82) is 0 Å². The number of nitrogens with zero attached hydrogens (tertiary/aromatic N) is 3. The van der Waals surface area contributed by atoms with Crippen LogP contribution in [0.5, 0.6) is 11.5 Å². The van der Waals surface area contributed by atoms with E-state index in [1.165, 1.54) is 4.57 Å². The van der Waals surface area contributed by atoms with Crippen molar-refractivity contribution in [3.05, 3.63) is 63.3 Å². The third kappa shape index (κ3) is 4.29. The summed E-state index contributed by atoms with van der Waals surface area (Å²) in [4.78, 5) is 27.7. The zero-order chi connectivity index (χ0) is 24.3. The van der Waals surface area contributed by atoms with Crippen LogP contribution in [-0.2, 0) is 13.1 Å². The van der Waals surface area contributed by atoms with Gasteiger partial charge in [-0.1, -0.05) is 32.6 Å². The minimum Gasteiger partial charge on any atom is -0.493 e. The lowest BCUT2D eigenvalue weighted by atomic mass is 10.1. The average Bonchev–Trinajstić information content (AvgIpc) is 3.09. The van der Waals surface area contributed by atoms with Crippen LogP contribution >= 0.6 is 0 Å². The normalized spacial score (nSPS) is 17.4. The first kappa shape index (κ1) is 24.2. The van der Waals surface area contributed by atoms with Gasteiger partial charge in [0.1, 0.15) is 11.5 Å². The Morgan fingerprint density at radius 2 is 1.85 bits per heavy atom. The molecular formula is C25H34N4O4. The van der Waals surface area contributed by atoms with E-state index in [0.717, 1.165) is 5.56 Å². The maximum Gasteiger partial charge on any atom is 0.332 e. The van der Waals surface area contributed by atoms with Crippen molar-refractivity contribution in [2.75, 3.05) is 31.0 Å². The molecule has 178 valence electrons. The van der Waals surface area contributed by atoms with Crippen LogP contribution in [-0.4, -0.2) is 35.6 Å². The molecule has 1 aliphatic rings. The van der Waals surface area contributed by atoms with Gasteiger partial charge in [0.2, 0.25) is 0 Å². The van der Waals surface area contributed by atoms with Gasteiger partial charge in [0, 0.05) is 20.1 Å². The van der Waals surface area contributed by atoms with Gasteiger partial charge in [-0.15, -0.1) is 0 Å². The van der Waals surface area contributed by atoms with Gasteiger partial charge in [-0.25, -0.2) is 4.79 Å². The Hall–Kier alpha value is -3.42. The van der Waals surface area contributed by atoms with Gasteiger partial charge in [0.25, 0.3) is 5.56 Å². The van der Waals surface area contributed by atoms with Crippen LogP contribution in [0.4, 0.5) is 11.5 Å². The van der Waals surface area contributed by atoms with Gasteiger partial charge in [-0.05, 0) is 49.6 Å². The number of aromatic nitrogens is 2. The Balaban J connectivity index is 2.00. The fourth-order valence-electron chi connectivity index (χ4n) is 3.94. The first-order chi connectivity index (χ1) is 15.7. The molecule has 1 aromatic carbocycles. The quantitative estimate of drug-likeness (QED) is 0.584. The van der Waals surface area contributed by atoms with Gasteiger partial charge in [-0.3, -0.25) is 13.9 Å². The summed E-state index contributed by atoms with van der Waals surface area (Å²) in [5.74, 6) is 2.24. The molecule has 0 spiro atoms. The Kier molecular flexibility index (Phi) is 7.05. The van der Waals surface area contributed by atoms with Crippen LogP contribution in [0.25, 0.3) is 6.08 Å². The summed E-state index contributed by atoms with van der Waals surface area (Å²) in [5.41, 5.74) is -0.177. The molecule has 3 rings (SSSR count). The van der Waals surface area contributed by atoms with Crippen molar-refractivity contribution in [3.8, 4) is 11.5 Å². The van der Waals surface area contributed by atoms with Crippen molar-refractivity contribution in [2.24, 2.45) is 5.92 Å². The lowest BCUT2D eigenvalue weighted by molar-refractivity contribution is 0.257. The van der Waals surface area contributed by atoms with Gasteiger partial charge in [0.05, 0.1) is 13.7 Å². The molecule has 0 saturated carbocycles. The third-order valence-electron chi connectivity index (χ3n) is 5.85. The van der Waals surface area contributed by atoms with Crippen molar-refractivity contribution in [2.45, 2.75) is 46.4 Å². The summed E-state index contributed by atoms with van der Waals surface area (Å²) >= 11 is 0. The summed E-state index contributed by atoms with van der Waals surface area (Å²) in [6.45, 7) is 13.2. The standard InChI is InChI=1S/C25H34N4O4/c1-8-25(14-13-18-11-12-19(20(15-18)32-7)33-16-17(4)5)26-22-21(27(25)6)23(30)29(10-3)24(31)28(22)9-2/h8,11-15,17,26H,1,9-10,16H2,2-7H3/b14-13+. The zero-order valence-corrected chi connectivity index (χ0v) is 20.3. The van der Waals surface area contributed by atoms with Crippen LogP contribution < -0.4 is 30.9 Å². The molecule has 0 aliphatic carbocycles. The van der Waals surface area contributed by atoms with Crippen molar-refractivity contribution in [1.82, 2.24) is 9.13 Å². The second-order valence-corrected chi connectivity index (χ2v) is 8.44. The number of rotatable bonds is 9. The number of nitrogens with one attached hydrogen (secondary N) is 1. The highest BCUT2D eigenvalue weighted by Crippen LogP contribution is 2.38. The van der Waals surface area contributed by atoms with E-state index in [9.17, 15) is 9.59 Å². The van der Waals surface area contributed by atoms with E-state index >= 15 is 0 Å². The Morgan fingerprint density at radius 3 is 2.42 bits per heavy atom. The molecule has 2 heterocycles. The number of benzene rings is 1. The number of likely N-dealkylation sites (N-methyl/N-ethyl adjacent to an activating group) is 1. The van der Waals surface area contributed by atoms with E-state index in [4.69, 9.17) is 9.47 Å². The van der Waals surface area contributed by atoms with Crippen molar-refractivity contribution >= 4 is 17.6 Å². The zero-order valence-electron chi connectivity index (χ0n) is 20.3. The molecule has 0 saturated heterocycles.